The topological polar surface area (TPSA) is 63.2 Å². The normalized spacial score (nSPS) is 10.2. The SMILES string of the molecule is COc1cc(OC)c2c(OC)cc(OC)c(OC)c2c1C=O. The van der Waals surface area contributed by atoms with Crippen molar-refractivity contribution in [3.8, 4) is 28.7 Å². The molecular weight excluding hydrogens is 288 g/mol. The molecule has 0 aliphatic carbocycles. The van der Waals surface area contributed by atoms with Crippen LogP contribution in [0.1, 0.15) is 10.4 Å². The van der Waals surface area contributed by atoms with E-state index < -0.39 is 0 Å². The van der Waals surface area contributed by atoms with Crippen LogP contribution in [0.4, 0.5) is 0 Å². The number of fused-ring (bicyclic) bond motifs is 1. The fourth-order valence-electron chi connectivity index (χ4n) is 2.47. The van der Waals surface area contributed by atoms with Gasteiger partial charge in [-0.1, -0.05) is 0 Å². The van der Waals surface area contributed by atoms with Gasteiger partial charge in [-0.15, -0.1) is 0 Å². The van der Waals surface area contributed by atoms with Crippen molar-refractivity contribution in [3.63, 3.8) is 0 Å². The van der Waals surface area contributed by atoms with Gasteiger partial charge in [0.2, 0.25) is 0 Å². The zero-order valence-electron chi connectivity index (χ0n) is 13.2. The molecule has 6 nitrogen and oxygen atoms in total. The van der Waals surface area contributed by atoms with Gasteiger partial charge in [-0.05, 0) is 0 Å². The second-order valence-corrected chi connectivity index (χ2v) is 4.38. The van der Waals surface area contributed by atoms with Gasteiger partial charge >= 0.3 is 0 Å². The van der Waals surface area contributed by atoms with E-state index in [2.05, 4.69) is 0 Å². The summed E-state index contributed by atoms with van der Waals surface area (Å²) in [6.07, 6.45) is 0.710. The fourth-order valence-corrected chi connectivity index (χ4v) is 2.47. The van der Waals surface area contributed by atoms with E-state index in [9.17, 15) is 4.79 Å². The zero-order valence-corrected chi connectivity index (χ0v) is 13.2. The van der Waals surface area contributed by atoms with E-state index in [0.717, 1.165) is 0 Å². The molecule has 2 aromatic rings. The fraction of sp³-hybridized carbons (Fsp3) is 0.312. The van der Waals surface area contributed by atoms with Gasteiger partial charge in [-0.2, -0.15) is 0 Å². The van der Waals surface area contributed by atoms with Crippen molar-refractivity contribution in [1.82, 2.24) is 0 Å². The predicted molar refractivity (Wildman–Crippen MR) is 82.1 cm³/mol. The Hall–Kier alpha value is -2.63. The molecule has 0 saturated heterocycles. The maximum absolute atomic E-state index is 11.6. The van der Waals surface area contributed by atoms with Crippen LogP contribution in [0.25, 0.3) is 10.8 Å². The number of carbonyl (C=O) groups is 1. The lowest BCUT2D eigenvalue weighted by atomic mass is 10.0. The number of carbonyl (C=O) groups excluding carboxylic acids is 1. The van der Waals surface area contributed by atoms with Gasteiger partial charge in [-0.25, -0.2) is 0 Å². The second-order valence-electron chi connectivity index (χ2n) is 4.38. The van der Waals surface area contributed by atoms with Crippen LogP contribution in [0.3, 0.4) is 0 Å². The first-order valence-electron chi connectivity index (χ1n) is 6.49. The van der Waals surface area contributed by atoms with Gasteiger partial charge in [0.1, 0.15) is 17.2 Å². The molecule has 0 radical (unpaired) electrons. The van der Waals surface area contributed by atoms with Gasteiger partial charge < -0.3 is 23.7 Å². The lowest BCUT2D eigenvalue weighted by Crippen LogP contribution is -2.01. The molecule has 0 spiro atoms. The van der Waals surface area contributed by atoms with Gasteiger partial charge in [0.25, 0.3) is 0 Å². The van der Waals surface area contributed by atoms with Crippen molar-refractivity contribution in [1.29, 1.82) is 0 Å². The summed E-state index contributed by atoms with van der Waals surface area (Å²) in [4.78, 5) is 11.6. The average Bonchev–Trinajstić information content (AvgIpc) is 2.58. The number of aldehydes is 1. The lowest BCUT2D eigenvalue weighted by molar-refractivity contribution is 0.112. The molecule has 22 heavy (non-hydrogen) atoms. The number of ether oxygens (including phenoxy) is 5. The standard InChI is InChI=1S/C16H18O6/c1-18-10-6-11(19-2)15-12(20-3)7-13(21-4)16(22-5)14(15)9(10)8-17/h6-8H,1-5H3. The van der Waals surface area contributed by atoms with Crippen LogP contribution in [0.2, 0.25) is 0 Å². The predicted octanol–water partition coefficient (Wildman–Crippen LogP) is 2.70. The second kappa shape index (κ2) is 6.43. The van der Waals surface area contributed by atoms with E-state index in [4.69, 9.17) is 23.7 Å². The molecule has 2 rings (SSSR count). The molecule has 0 bridgehead atoms. The van der Waals surface area contributed by atoms with Crippen molar-refractivity contribution in [3.05, 3.63) is 17.7 Å². The summed E-state index contributed by atoms with van der Waals surface area (Å²) < 4.78 is 26.9. The third-order valence-corrected chi connectivity index (χ3v) is 3.45. The maximum atomic E-state index is 11.6. The molecule has 0 atom stereocenters. The highest BCUT2D eigenvalue weighted by Crippen LogP contribution is 2.48. The van der Waals surface area contributed by atoms with E-state index in [1.165, 1.54) is 35.5 Å². The number of hydrogen-bond acceptors (Lipinski definition) is 6. The van der Waals surface area contributed by atoms with E-state index in [1.54, 1.807) is 12.1 Å². The molecule has 0 amide bonds. The minimum absolute atomic E-state index is 0.340. The summed E-state index contributed by atoms with van der Waals surface area (Å²) >= 11 is 0. The van der Waals surface area contributed by atoms with Gasteiger partial charge in [0.15, 0.2) is 17.8 Å². The van der Waals surface area contributed by atoms with Gasteiger partial charge in [0, 0.05) is 17.5 Å². The van der Waals surface area contributed by atoms with Crippen LogP contribution < -0.4 is 23.7 Å². The Bertz CT molecular complexity index is 698. The minimum Gasteiger partial charge on any atom is -0.496 e. The zero-order chi connectivity index (χ0) is 16.3. The number of rotatable bonds is 6. The highest BCUT2D eigenvalue weighted by atomic mass is 16.5. The molecule has 0 unspecified atom stereocenters. The van der Waals surface area contributed by atoms with Gasteiger partial charge in [-0.3, -0.25) is 4.79 Å². The minimum atomic E-state index is 0.340. The molecule has 0 fully saturated rings. The van der Waals surface area contributed by atoms with E-state index in [0.29, 0.717) is 51.4 Å². The Balaban J connectivity index is 3.11. The quantitative estimate of drug-likeness (QED) is 0.765. The molecule has 6 heteroatoms. The summed E-state index contributed by atoms with van der Waals surface area (Å²) in [7, 11) is 7.57. The number of hydrogen-bond donors (Lipinski definition) is 0. The van der Waals surface area contributed by atoms with Crippen LogP contribution in [0.15, 0.2) is 12.1 Å². The average molecular weight is 306 g/mol. The summed E-state index contributed by atoms with van der Waals surface area (Å²) in [6, 6.07) is 3.32. The molecule has 0 aromatic heterocycles. The third kappa shape index (κ3) is 2.26. The van der Waals surface area contributed by atoms with Crippen LogP contribution in [0.5, 0.6) is 28.7 Å². The molecule has 118 valence electrons. The molecule has 0 N–H and O–H groups in total. The number of methoxy groups -OCH3 is 5. The van der Waals surface area contributed by atoms with Crippen molar-refractivity contribution in [2.45, 2.75) is 0 Å². The third-order valence-electron chi connectivity index (χ3n) is 3.45. The van der Waals surface area contributed by atoms with Gasteiger partial charge in [0.05, 0.1) is 46.5 Å². The Kier molecular flexibility index (Phi) is 4.60. The monoisotopic (exact) mass is 306 g/mol. The lowest BCUT2D eigenvalue weighted by Gasteiger charge is -2.19. The van der Waals surface area contributed by atoms with E-state index in [1.807, 2.05) is 0 Å². The largest absolute Gasteiger partial charge is 0.496 e. The Morgan fingerprint density at radius 2 is 1.18 bits per heavy atom. The Morgan fingerprint density at radius 3 is 1.59 bits per heavy atom. The Morgan fingerprint density at radius 1 is 0.682 bits per heavy atom. The molecule has 0 aliphatic rings. The first-order valence-corrected chi connectivity index (χ1v) is 6.49. The van der Waals surface area contributed by atoms with Crippen LogP contribution in [0, 0.1) is 0 Å². The van der Waals surface area contributed by atoms with Crippen LogP contribution >= 0.6 is 0 Å². The molecule has 0 aliphatic heterocycles. The summed E-state index contributed by atoms with van der Waals surface area (Å²) in [5.41, 5.74) is 0.340. The highest BCUT2D eigenvalue weighted by Gasteiger charge is 2.23. The van der Waals surface area contributed by atoms with Crippen LogP contribution in [-0.4, -0.2) is 41.8 Å². The summed E-state index contributed by atoms with van der Waals surface area (Å²) in [5.74, 6) is 2.27. The van der Waals surface area contributed by atoms with Crippen molar-refractivity contribution in [2.24, 2.45) is 0 Å². The van der Waals surface area contributed by atoms with Crippen molar-refractivity contribution >= 4 is 17.1 Å². The van der Waals surface area contributed by atoms with Crippen molar-refractivity contribution in [2.75, 3.05) is 35.5 Å². The molecule has 0 heterocycles. The van der Waals surface area contributed by atoms with Crippen molar-refractivity contribution < 1.29 is 28.5 Å². The first kappa shape index (κ1) is 15.8. The maximum Gasteiger partial charge on any atom is 0.169 e. The smallest absolute Gasteiger partial charge is 0.169 e. The van der Waals surface area contributed by atoms with E-state index in [-0.39, 0.29) is 0 Å². The molecular formula is C16H18O6. The first-order chi connectivity index (χ1) is 10.7. The summed E-state index contributed by atoms with van der Waals surface area (Å²) in [5, 5.41) is 1.13. The van der Waals surface area contributed by atoms with Crippen LogP contribution in [-0.2, 0) is 0 Å². The number of benzene rings is 2. The molecule has 2 aromatic carbocycles. The summed E-state index contributed by atoms with van der Waals surface area (Å²) in [6.45, 7) is 0. The Labute approximate surface area is 128 Å². The van der Waals surface area contributed by atoms with E-state index >= 15 is 0 Å². The highest BCUT2D eigenvalue weighted by molar-refractivity contribution is 6.10. The molecule has 0 saturated carbocycles.